The molecule has 0 fully saturated rings. The van der Waals surface area contributed by atoms with Gasteiger partial charge in [-0.2, -0.15) is 5.26 Å². The van der Waals surface area contributed by atoms with Crippen LogP contribution in [-0.2, 0) is 0 Å². The Morgan fingerprint density at radius 1 is 1.05 bits per heavy atom. The van der Waals surface area contributed by atoms with Crippen LogP contribution in [0.25, 0.3) is 0 Å². The molecule has 0 heterocycles. The number of anilines is 2. The van der Waals surface area contributed by atoms with Gasteiger partial charge < -0.3 is 5.32 Å². The highest BCUT2D eigenvalue weighted by molar-refractivity contribution is 5.70. The van der Waals surface area contributed by atoms with Crippen LogP contribution in [0.4, 0.5) is 24.5 Å². The number of hydrogen-bond donors (Lipinski definition) is 1. The Morgan fingerprint density at radius 3 is 2.42 bits per heavy atom. The van der Waals surface area contributed by atoms with E-state index >= 15 is 0 Å². The Bertz CT molecular complexity index is 675. The lowest BCUT2D eigenvalue weighted by molar-refractivity contribution is 0.496. The molecule has 19 heavy (non-hydrogen) atoms. The summed E-state index contributed by atoms with van der Waals surface area (Å²) in [5, 5.41) is 11.6. The van der Waals surface area contributed by atoms with Crippen molar-refractivity contribution >= 4 is 11.4 Å². The number of halogens is 3. The van der Waals surface area contributed by atoms with E-state index in [1.165, 1.54) is 0 Å². The minimum atomic E-state index is -1.26. The van der Waals surface area contributed by atoms with E-state index in [4.69, 9.17) is 5.26 Å². The van der Waals surface area contributed by atoms with Crippen LogP contribution < -0.4 is 5.32 Å². The van der Waals surface area contributed by atoms with Crippen molar-refractivity contribution < 1.29 is 13.2 Å². The summed E-state index contributed by atoms with van der Waals surface area (Å²) in [6, 6.07) is 8.08. The smallest absolute Gasteiger partial charge is 0.161 e. The molecule has 2 aromatic carbocycles. The molecule has 0 aliphatic carbocycles. The van der Waals surface area contributed by atoms with Crippen molar-refractivity contribution in [1.82, 2.24) is 0 Å². The van der Waals surface area contributed by atoms with Gasteiger partial charge in [0, 0.05) is 12.1 Å². The fraction of sp³-hybridized carbons (Fsp3) is 0.0714. The third-order valence-electron chi connectivity index (χ3n) is 2.66. The molecule has 0 aromatic heterocycles. The van der Waals surface area contributed by atoms with Crippen molar-refractivity contribution in [2.45, 2.75) is 6.92 Å². The Kier molecular flexibility index (Phi) is 3.43. The van der Waals surface area contributed by atoms with Crippen molar-refractivity contribution in [3.05, 3.63) is 58.9 Å². The van der Waals surface area contributed by atoms with Gasteiger partial charge in [0.2, 0.25) is 0 Å². The highest BCUT2D eigenvalue weighted by Crippen LogP contribution is 2.27. The molecule has 2 aromatic rings. The summed E-state index contributed by atoms with van der Waals surface area (Å²) in [6.45, 7) is 1.72. The summed E-state index contributed by atoms with van der Waals surface area (Å²) in [4.78, 5) is 0. The van der Waals surface area contributed by atoms with Crippen molar-refractivity contribution in [1.29, 1.82) is 5.26 Å². The molecular formula is C14H9F3N2. The SMILES string of the molecule is Cc1cccc(C#N)c1Nc1cc(F)c(F)cc1F. The Hall–Kier alpha value is -2.48. The molecule has 0 atom stereocenters. The minimum absolute atomic E-state index is 0.218. The number of rotatable bonds is 2. The standard InChI is InChI=1S/C14H9F3N2/c1-8-3-2-4-9(7-18)14(8)19-13-6-11(16)10(15)5-12(13)17/h2-6,19H,1H3. The molecule has 2 nitrogen and oxygen atoms in total. The van der Waals surface area contributed by atoms with Gasteiger partial charge in [-0.3, -0.25) is 0 Å². The van der Waals surface area contributed by atoms with Crippen LogP contribution in [0.1, 0.15) is 11.1 Å². The van der Waals surface area contributed by atoms with Crippen LogP contribution in [0.3, 0.4) is 0 Å². The second-order valence-electron chi connectivity index (χ2n) is 3.98. The first-order chi connectivity index (χ1) is 9.02. The Balaban J connectivity index is 2.48. The molecule has 0 amide bonds. The molecule has 0 saturated heterocycles. The van der Waals surface area contributed by atoms with Crippen molar-refractivity contribution in [3.63, 3.8) is 0 Å². The van der Waals surface area contributed by atoms with Gasteiger partial charge in [0.25, 0.3) is 0 Å². The minimum Gasteiger partial charge on any atom is -0.352 e. The second-order valence-corrected chi connectivity index (χ2v) is 3.98. The van der Waals surface area contributed by atoms with E-state index in [1.54, 1.807) is 25.1 Å². The monoisotopic (exact) mass is 262 g/mol. The zero-order chi connectivity index (χ0) is 14.0. The lowest BCUT2D eigenvalue weighted by atomic mass is 10.1. The second kappa shape index (κ2) is 5.02. The van der Waals surface area contributed by atoms with Crippen LogP contribution in [0.2, 0.25) is 0 Å². The van der Waals surface area contributed by atoms with Gasteiger partial charge in [-0.1, -0.05) is 12.1 Å². The summed E-state index contributed by atoms with van der Waals surface area (Å²) in [7, 11) is 0. The number of para-hydroxylation sites is 1. The lowest BCUT2D eigenvalue weighted by Crippen LogP contribution is -2.00. The third kappa shape index (κ3) is 2.52. The summed E-state index contributed by atoms with van der Waals surface area (Å²) in [5.74, 6) is -3.34. The summed E-state index contributed by atoms with van der Waals surface area (Å²) < 4.78 is 39.5. The van der Waals surface area contributed by atoms with E-state index in [9.17, 15) is 13.2 Å². The molecule has 5 heteroatoms. The first kappa shape index (κ1) is 13.0. The molecule has 0 spiro atoms. The average Bonchev–Trinajstić information content (AvgIpc) is 2.38. The predicted molar refractivity (Wildman–Crippen MR) is 65.5 cm³/mol. The van der Waals surface area contributed by atoms with Gasteiger partial charge in [-0.15, -0.1) is 0 Å². The number of benzene rings is 2. The van der Waals surface area contributed by atoms with Crippen molar-refractivity contribution in [2.75, 3.05) is 5.32 Å². The first-order valence-electron chi connectivity index (χ1n) is 5.44. The quantitative estimate of drug-likeness (QED) is 0.829. The van der Waals surface area contributed by atoms with Gasteiger partial charge in [-0.25, -0.2) is 13.2 Å². The van der Waals surface area contributed by atoms with E-state index in [0.717, 1.165) is 6.07 Å². The van der Waals surface area contributed by atoms with Crippen LogP contribution in [0, 0.1) is 35.7 Å². The molecule has 1 N–H and O–H groups in total. The molecule has 0 unspecified atom stereocenters. The maximum atomic E-state index is 13.5. The summed E-state index contributed by atoms with van der Waals surface area (Å²) in [6.07, 6.45) is 0. The van der Waals surface area contributed by atoms with E-state index in [2.05, 4.69) is 5.32 Å². The van der Waals surface area contributed by atoms with Gasteiger partial charge in [0.15, 0.2) is 11.6 Å². The average molecular weight is 262 g/mol. The van der Waals surface area contributed by atoms with Gasteiger partial charge in [-0.05, 0) is 18.6 Å². The molecular weight excluding hydrogens is 253 g/mol. The Morgan fingerprint density at radius 2 is 1.74 bits per heavy atom. The highest BCUT2D eigenvalue weighted by atomic mass is 19.2. The van der Waals surface area contributed by atoms with E-state index in [-0.39, 0.29) is 5.69 Å². The maximum Gasteiger partial charge on any atom is 0.161 e. The molecule has 0 aliphatic heterocycles. The fourth-order valence-corrected chi connectivity index (χ4v) is 1.68. The third-order valence-corrected chi connectivity index (χ3v) is 2.66. The molecule has 96 valence electrons. The zero-order valence-corrected chi connectivity index (χ0v) is 9.97. The molecule has 0 saturated carbocycles. The van der Waals surface area contributed by atoms with Crippen LogP contribution >= 0.6 is 0 Å². The van der Waals surface area contributed by atoms with Gasteiger partial charge in [0.1, 0.15) is 11.9 Å². The first-order valence-corrected chi connectivity index (χ1v) is 5.44. The van der Waals surface area contributed by atoms with E-state index in [1.807, 2.05) is 6.07 Å². The number of nitrogens with one attached hydrogen (secondary N) is 1. The Labute approximate surface area is 108 Å². The van der Waals surface area contributed by atoms with Crippen LogP contribution in [0.15, 0.2) is 30.3 Å². The highest BCUT2D eigenvalue weighted by Gasteiger charge is 2.12. The topological polar surface area (TPSA) is 35.8 Å². The number of nitrogens with zero attached hydrogens (tertiary/aromatic N) is 1. The van der Waals surface area contributed by atoms with Crippen molar-refractivity contribution in [2.24, 2.45) is 0 Å². The van der Waals surface area contributed by atoms with E-state index < -0.39 is 17.5 Å². The molecule has 2 rings (SSSR count). The van der Waals surface area contributed by atoms with Crippen molar-refractivity contribution in [3.8, 4) is 6.07 Å². The van der Waals surface area contributed by atoms with Crippen LogP contribution in [0.5, 0.6) is 0 Å². The zero-order valence-electron chi connectivity index (χ0n) is 9.97. The van der Waals surface area contributed by atoms with E-state index in [0.29, 0.717) is 22.9 Å². The molecule has 0 radical (unpaired) electrons. The number of nitriles is 1. The lowest BCUT2D eigenvalue weighted by Gasteiger charge is -2.12. The molecule has 0 bridgehead atoms. The van der Waals surface area contributed by atoms with Crippen LogP contribution in [-0.4, -0.2) is 0 Å². The molecule has 0 aliphatic rings. The summed E-state index contributed by atoms with van der Waals surface area (Å²) >= 11 is 0. The largest absolute Gasteiger partial charge is 0.352 e. The predicted octanol–water partition coefficient (Wildman–Crippen LogP) is 4.03. The normalized spacial score (nSPS) is 10.1. The number of aryl methyl sites for hydroxylation is 1. The maximum absolute atomic E-state index is 13.5. The summed E-state index contributed by atoms with van der Waals surface area (Å²) in [5.41, 5.74) is 1.15. The van der Waals surface area contributed by atoms with Gasteiger partial charge in [0.05, 0.1) is 16.9 Å². The fourth-order valence-electron chi connectivity index (χ4n) is 1.68. The number of hydrogen-bond acceptors (Lipinski definition) is 2. The van der Waals surface area contributed by atoms with Gasteiger partial charge >= 0.3 is 0 Å².